The number of carbonyl (C=O) groups excluding carboxylic acids is 2. The van der Waals surface area contributed by atoms with Crippen LogP contribution >= 0.6 is 11.3 Å². The number of benzene rings is 1. The van der Waals surface area contributed by atoms with E-state index in [0.717, 1.165) is 4.90 Å². The molecule has 144 valence electrons. The van der Waals surface area contributed by atoms with E-state index in [0.29, 0.717) is 10.6 Å². The molecular formula is C18H20FN3O4S. The third-order valence-corrected chi connectivity index (χ3v) is 4.73. The summed E-state index contributed by atoms with van der Waals surface area (Å²) in [7, 11) is 0. The summed E-state index contributed by atoms with van der Waals surface area (Å²) in [5.74, 6) is -2.33. The van der Waals surface area contributed by atoms with E-state index in [1.54, 1.807) is 18.2 Å². The monoisotopic (exact) mass is 393 g/mol. The topological polar surface area (TPSA) is 99.6 Å². The molecule has 0 bridgehead atoms. The third kappa shape index (κ3) is 5.58. The van der Waals surface area contributed by atoms with E-state index in [4.69, 9.17) is 0 Å². The van der Waals surface area contributed by atoms with Gasteiger partial charge in [0.25, 0.3) is 5.91 Å². The highest BCUT2D eigenvalue weighted by atomic mass is 32.1. The SMILES string of the molecule is CC(=O)NCCN(C(=O)c1csc(Cc2ccccc2F)n1)C(C)C(=O)O. The molecule has 2 amide bonds. The van der Waals surface area contributed by atoms with Gasteiger partial charge in [0.1, 0.15) is 17.6 Å². The van der Waals surface area contributed by atoms with Gasteiger partial charge in [-0.25, -0.2) is 14.2 Å². The predicted octanol–water partition coefficient (Wildman–Crippen LogP) is 1.92. The summed E-state index contributed by atoms with van der Waals surface area (Å²) in [6.45, 7) is 2.89. The zero-order valence-electron chi connectivity index (χ0n) is 14.9. The van der Waals surface area contributed by atoms with E-state index in [2.05, 4.69) is 10.3 Å². The summed E-state index contributed by atoms with van der Waals surface area (Å²) in [6.07, 6.45) is 0.241. The van der Waals surface area contributed by atoms with Crippen molar-refractivity contribution >= 4 is 29.1 Å². The summed E-state index contributed by atoms with van der Waals surface area (Å²) in [6, 6.07) is 5.23. The summed E-state index contributed by atoms with van der Waals surface area (Å²) >= 11 is 1.21. The molecule has 2 rings (SSSR count). The third-order valence-electron chi connectivity index (χ3n) is 3.88. The van der Waals surface area contributed by atoms with Crippen LogP contribution in [0.15, 0.2) is 29.6 Å². The van der Waals surface area contributed by atoms with E-state index in [-0.39, 0.29) is 36.9 Å². The lowest BCUT2D eigenvalue weighted by Gasteiger charge is -2.25. The Bertz CT molecular complexity index is 840. The molecule has 27 heavy (non-hydrogen) atoms. The number of carboxylic acids is 1. The number of aliphatic carboxylic acids is 1. The highest BCUT2D eigenvalue weighted by Gasteiger charge is 2.27. The number of rotatable bonds is 8. The van der Waals surface area contributed by atoms with Crippen molar-refractivity contribution in [3.8, 4) is 0 Å². The van der Waals surface area contributed by atoms with Crippen molar-refractivity contribution in [1.82, 2.24) is 15.2 Å². The zero-order chi connectivity index (χ0) is 20.0. The highest BCUT2D eigenvalue weighted by Crippen LogP contribution is 2.18. The van der Waals surface area contributed by atoms with Crippen LogP contribution in [0.5, 0.6) is 0 Å². The van der Waals surface area contributed by atoms with Gasteiger partial charge in [-0.15, -0.1) is 11.3 Å². The molecule has 1 atom stereocenters. The number of thiazole rings is 1. The Morgan fingerprint density at radius 3 is 2.67 bits per heavy atom. The van der Waals surface area contributed by atoms with Gasteiger partial charge in [-0.1, -0.05) is 18.2 Å². The van der Waals surface area contributed by atoms with Gasteiger partial charge < -0.3 is 15.3 Å². The van der Waals surface area contributed by atoms with Crippen molar-refractivity contribution in [2.75, 3.05) is 13.1 Å². The summed E-state index contributed by atoms with van der Waals surface area (Å²) in [5.41, 5.74) is 0.564. The molecule has 0 aliphatic heterocycles. The Morgan fingerprint density at radius 2 is 2.04 bits per heavy atom. The molecule has 0 aliphatic rings. The van der Waals surface area contributed by atoms with E-state index in [9.17, 15) is 23.9 Å². The zero-order valence-corrected chi connectivity index (χ0v) is 15.8. The maximum Gasteiger partial charge on any atom is 0.326 e. The molecule has 1 aromatic carbocycles. The van der Waals surface area contributed by atoms with E-state index in [1.165, 1.54) is 36.6 Å². The standard InChI is InChI=1S/C18H20FN3O4S/c1-11(18(25)26)22(8-7-20-12(2)23)17(24)15-10-27-16(21-15)9-13-5-3-4-6-14(13)19/h3-6,10-11H,7-9H2,1-2H3,(H,20,23)(H,25,26). The molecule has 1 unspecified atom stereocenters. The van der Waals surface area contributed by atoms with Crippen molar-refractivity contribution in [3.63, 3.8) is 0 Å². The first-order valence-electron chi connectivity index (χ1n) is 8.25. The van der Waals surface area contributed by atoms with Crippen LogP contribution in [0, 0.1) is 5.82 Å². The lowest BCUT2D eigenvalue weighted by atomic mass is 10.1. The predicted molar refractivity (Wildman–Crippen MR) is 98.1 cm³/mol. The van der Waals surface area contributed by atoms with E-state index in [1.807, 2.05) is 0 Å². The normalized spacial score (nSPS) is 11.7. The molecule has 2 N–H and O–H groups in total. The molecule has 0 fully saturated rings. The largest absolute Gasteiger partial charge is 0.480 e. The Balaban J connectivity index is 2.14. The Labute approximate surface area is 159 Å². The van der Waals surface area contributed by atoms with Gasteiger partial charge >= 0.3 is 5.97 Å². The average molecular weight is 393 g/mol. The summed E-state index contributed by atoms with van der Waals surface area (Å²) in [4.78, 5) is 40.4. The molecule has 1 heterocycles. The number of hydrogen-bond donors (Lipinski definition) is 2. The minimum atomic E-state index is -1.16. The number of nitrogens with one attached hydrogen (secondary N) is 1. The van der Waals surface area contributed by atoms with Crippen molar-refractivity contribution in [2.45, 2.75) is 26.3 Å². The molecule has 1 aromatic heterocycles. The van der Waals surface area contributed by atoms with Crippen LogP contribution in [0.2, 0.25) is 0 Å². The Morgan fingerprint density at radius 1 is 1.33 bits per heavy atom. The second kappa shape index (κ2) is 9.22. The number of aromatic nitrogens is 1. The van der Waals surface area contributed by atoms with E-state index < -0.39 is 17.9 Å². The Kier molecular flexibility index (Phi) is 7.00. The molecule has 0 spiro atoms. The molecule has 0 aliphatic carbocycles. The van der Waals surface area contributed by atoms with Gasteiger partial charge in [0.05, 0.1) is 5.01 Å². The van der Waals surface area contributed by atoms with Crippen LogP contribution in [-0.2, 0) is 16.0 Å². The fourth-order valence-electron chi connectivity index (χ4n) is 2.40. The van der Waals surface area contributed by atoms with Gasteiger partial charge in [-0.05, 0) is 18.6 Å². The van der Waals surface area contributed by atoms with Crippen molar-refractivity contribution in [2.24, 2.45) is 0 Å². The van der Waals surface area contributed by atoms with Gasteiger partial charge in [0.2, 0.25) is 5.91 Å². The van der Waals surface area contributed by atoms with Gasteiger partial charge in [0, 0.05) is 31.8 Å². The highest BCUT2D eigenvalue weighted by molar-refractivity contribution is 7.09. The molecule has 0 saturated heterocycles. The molecule has 2 aromatic rings. The molecule has 7 nitrogen and oxygen atoms in total. The average Bonchev–Trinajstić information content (AvgIpc) is 3.08. The molecule has 9 heteroatoms. The maximum atomic E-state index is 13.8. The number of halogens is 1. The fourth-order valence-corrected chi connectivity index (χ4v) is 3.19. The van der Waals surface area contributed by atoms with Crippen LogP contribution in [0.25, 0.3) is 0 Å². The second-order valence-corrected chi connectivity index (χ2v) is 6.83. The van der Waals surface area contributed by atoms with Crippen molar-refractivity contribution in [3.05, 3.63) is 51.7 Å². The fraction of sp³-hybridized carbons (Fsp3) is 0.333. The first-order chi connectivity index (χ1) is 12.8. The lowest BCUT2D eigenvalue weighted by Crippen LogP contribution is -2.46. The maximum absolute atomic E-state index is 13.8. The first-order valence-corrected chi connectivity index (χ1v) is 9.13. The summed E-state index contributed by atoms with van der Waals surface area (Å²) < 4.78 is 13.8. The second-order valence-electron chi connectivity index (χ2n) is 5.89. The number of hydrogen-bond acceptors (Lipinski definition) is 5. The van der Waals surface area contributed by atoms with Crippen LogP contribution in [-0.4, -0.2) is 51.9 Å². The molecule has 0 saturated carbocycles. The quantitative estimate of drug-likeness (QED) is 0.714. The minimum Gasteiger partial charge on any atom is -0.480 e. The van der Waals surface area contributed by atoms with Gasteiger partial charge in [-0.3, -0.25) is 9.59 Å². The number of amides is 2. The number of nitrogens with zero attached hydrogens (tertiary/aromatic N) is 2. The van der Waals surface area contributed by atoms with Gasteiger partial charge in [0.15, 0.2) is 0 Å². The van der Waals surface area contributed by atoms with Crippen LogP contribution in [0.1, 0.15) is 34.9 Å². The van der Waals surface area contributed by atoms with Gasteiger partial charge in [-0.2, -0.15) is 0 Å². The number of carboxylic acid groups (broad SMARTS) is 1. The smallest absolute Gasteiger partial charge is 0.326 e. The first kappa shape index (κ1) is 20.5. The van der Waals surface area contributed by atoms with Crippen LogP contribution in [0.3, 0.4) is 0 Å². The lowest BCUT2D eigenvalue weighted by molar-refractivity contribution is -0.141. The Hall–Kier alpha value is -2.81. The van der Waals surface area contributed by atoms with Crippen molar-refractivity contribution in [1.29, 1.82) is 0 Å². The van der Waals surface area contributed by atoms with E-state index >= 15 is 0 Å². The molecule has 0 radical (unpaired) electrons. The summed E-state index contributed by atoms with van der Waals surface area (Å²) in [5, 5.41) is 13.9. The van der Waals surface area contributed by atoms with Crippen LogP contribution in [0.4, 0.5) is 4.39 Å². The molecular weight excluding hydrogens is 373 g/mol. The van der Waals surface area contributed by atoms with Crippen molar-refractivity contribution < 1.29 is 23.9 Å². The number of carbonyl (C=O) groups is 3. The van der Waals surface area contributed by atoms with Crippen LogP contribution < -0.4 is 5.32 Å². The minimum absolute atomic E-state index is 0.0338.